The van der Waals surface area contributed by atoms with Gasteiger partial charge >= 0.3 is 0 Å². The Morgan fingerprint density at radius 3 is 1.91 bits per heavy atom. The first-order chi connectivity index (χ1) is 10.4. The molecule has 0 fully saturated rings. The van der Waals surface area contributed by atoms with E-state index < -0.39 is 9.04 Å². The van der Waals surface area contributed by atoms with Gasteiger partial charge in [-0.3, -0.25) is 0 Å². The van der Waals surface area contributed by atoms with E-state index in [0.717, 1.165) is 16.9 Å². The lowest BCUT2D eigenvalue weighted by molar-refractivity contribution is 0.274. The monoisotopic (exact) mass is 316 g/mol. The second kappa shape index (κ2) is 7.09. The molecule has 0 aromatic heterocycles. The number of aliphatic hydroxyl groups is 2. The lowest BCUT2D eigenvalue weighted by Crippen LogP contribution is -2.44. The Kier molecular flexibility index (Phi) is 5.40. The Balaban J connectivity index is 2.36. The minimum Gasteiger partial charge on any atom is -0.541 e. The highest BCUT2D eigenvalue weighted by Gasteiger charge is 2.31. The largest absolute Gasteiger partial charge is 0.541 e. The van der Waals surface area contributed by atoms with Crippen LogP contribution in [-0.4, -0.2) is 19.3 Å². The van der Waals surface area contributed by atoms with Crippen LogP contribution in [0.1, 0.15) is 31.9 Å². The van der Waals surface area contributed by atoms with Crippen molar-refractivity contribution in [3.8, 4) is 5.75 Å². The van der Waals surface area contributed by atoms with Crippen LogP contribution < -0.4 is 9.61 Å². The number of hydrogen-bond acceptors (Lipinski definition) is 3. The second-order valence-corrected chi connectivity index (χ2v) is 9.97. The third-order valence-electron chi connectivity index (χ3n) is 3.53. The van der Waals surface area contributed by atoms with E-state index >= 15 is 0 Å². The lowest BCUT2D eigenvalue weighted by atomic mass is 10.1. The molecule has 2 aromatic rings. The average molecular weight is 316 g/mol. The van der Waals surface area contributed by atoms with Gasteiger partial charge in [0, 0.05) is 0 Å². The summed E-state index contributed by atoms with van der Waals surface area (Å²) in [5, 5.41) is 20.0. The molecule has 0 aliphatic rings. The molecule has 1 atom stereocenters. The summed E-state index contributed by atoms with van der Waals surface area (Å²) < 4.78 is 6.37. The molecule has 0 aliphatic heterocycles. The molecule has 4 heteroatoms. The fourth-order valence-electron chi connectivity index (χ4n) is 2.49. The van der Waals surface area contributed by atoms with Gasteiger partial charge in [-0.15, -0.1) is 0 Å². The summed E-state index contributed by atoms with van der Waals surface area (Å²) >= 11 is 0. The first-order valence-electron chi connectivity index (χ1n) is 7.50. The van der Waals surface area contributed by atoms with E-state index in [-0.39, 0.29) is 18.3 Å². The minimum atomic E-state index is -1.73. The van der Waals surface area contributed by atoms with E-state index in [4.69, 9.17) is 4.43 Å². The maximum atomic E-state index is 9.37. The zero-order valence-electron chi connectivity index (χ0n) is 13.4. The predicted molar refractivity (Wildman–Crippen MR) is 91.9 cm³/mol. The first-order valence-corrected chi connectivity index (χ1v) is 9.13. The maximum Gasteiger partial charge on any atom is 0.272 e. The average Bonchev–Trinajstić information content (AvgIpc) is 2.52. The number of aliphatic hydroxyl groups excluding tert-OH is 2. The van der Waals surface area contributed by atoms with Gasteiger partial charge in [0.15, 0.2) is 0 Å². The fourth-order valence-corrected chi connectivity index (χ4v) is 4.96. The van der Waals surface area contributed by atoms with Crippen LogP contribution in [0.5, 0.6) is 5.75 Å². The third-order valence-corrected chi connectivity index (χ3v) is 6.61. The molecular formula is C18H24O3Si. The summed E-state index contributed by atoms with van der Waals surface area (Å²) in [6, 6.07) is 15.8. The molecule has 0 radical (unpaired) electrons. The van der Waals surface area contributed by atoms with Crippen LogP contribution in [0.25, 0.3) is 0 Å². The topological polar surface area (TPSA) is 49.7 Å². The normalized spacial score (nSPS) is 13.0. The zero-order chi connectivity index (χ0) is 16.2. The molecule has 2 rings (SSSR count). The van der Waals surface area contributed by atoms with Gasteiger partial charge in [0.05, 0.1) is 13.2 Å². The molecule has 0 saturated carbocycles. The molecule has 0 bridgehead atoms. The Bertz CT molecular complexity index is 583. The fraction of sp³-hybridized carbons (Fsp3) is 0.333. The quantitative estimate of drug-likeness (QED) is 0.833. The standard InChI is InChI=1S/C18H24O3Si/c1-18(2,3)22(17-7-5-4-6-8-17)21-16-10-14(12-19)9-15(11-16)13-20/h4-11,19-20,22H,12-13H2,1-3H3. The highest BCUT2D eigenvalue weighted by Crippen LogP contribution is 2.29. The Labute approximate surface area is 133 Å². The van der Waals surface area contributed by atoms with Gasteiger partial charge in [0.1, 0.15) is 5.75 Å². The van der Waals surface area contributed by atoms with Crippen molar-refractivity contribution in [1.82, 2.24) is 0 Å². The molecule has 3 nitrogen and oxygen atoms in total. The van der Waals surface area contributed by atoms with E-state index in [1.165, 1.54) is 5.19 Å². The Morgan fingerprint density at radius 1 is 0.909 bits per heavy atom. The van der Waals surface area contributed by atoms with Crippen LogP contribution in [0.3, 0.4) is 0 Å². The van der Waals surface area contributed by atoms with Gasteiger partial charge in [-0.25, -0.2) is 0 Å². The molecule has 2 aromatic carbocycles. The molecule has 0 amide bonds. The third kappa shape index (κ3) is 4.19. The van der Waals surface area contributed by atoms with Crippen LogP contribution in [0.2, 0.25) is 5.04 Å². The number of rotatable bonds is 5. The van der Waals surface area contributed by atoms with E-state index in [1.54, 1.807) is 6.07 Å². The van der Waals surface area contributed by atoms with Gasteiger partial charge in [-0.05, 0) is 33.5 Å². The first kappa shape index (κ1) is 16.7. The van der Waals surface area contributed by atoms with Crippen molar-refractivity contribution in [1.29, 1.82) is 0 Å². The van der Waals surface area contributed by atoms with Crippen molar-refractivity contribution in [2.75, 3.05) is 0 Å². The number of hydrogen-bond donors (Lipinski definition) is 2. The van der Waals surface area contributed by atoms with Crippen LogP contribution in [0.4, 0.5) is 0 Å². The van der Waals surface area contributed by atoms with Gasteiger partial charge in [-0.1, -0.05) is 57.2 Å². The van der Waals surface area contributed by atoms with E-state index in [1.807, 2.05) is 30.3 Å². The van der Waals surface area contributed by atoms with Crippen LogP contribution in [0, 0.1) is 0 Å². The summed E-state index contributed by atoms with van der Waals surface area (Å²) in [5.41, 5.74) is 1.52. The highest BCUT2D eigenvalue weighted by atomic mass is 28.3. The lowest BCUT2D eigenvalue weighted by Gasteiger charge is -2.30. The van der Waals surface area contributed by atoms with Gasteiger partial charge in [0.2, 0.25) is 0 Å². The minimum absolute atomic E-state index is 0.0515. The Morgan fingerprint density at radius 2 is 1.45 bits per heavy atom. The summed E-state index contributed by atoms with van der Waals surface area (Å²) in [7, 11) is -1.73. The summed E-state index contributed by atoms with van der Waals surface area (Å²) in [5.74, 6) is 0.728. The van der Waals surface area contributed by atoms with E-state index in [0.29, 0.717) is 0 Å². The van der Waals surface area contributed by atoms with Crippen molar-refractivity contribution < 1.29 is 14.6 Å². The molecule has 0 heterocycles. The molecule has 118 valence electrons. The maximum absolute atomic E-state index is 9.37. The molecule has 22 heavy (non-hydrogen) atoms. The highest BCUT2D eigenvalue weighted by molar-refractivity contribution is 6.70. The zero-order valence-corrected chi connectivity index (χ0v) is 14.6. The van der Waals surface area contributed by atoms with Gasteiger partial charge in [0.25, 0.3) is 9.04 Å². The number of benzene rings is 2. The summed E-state index contributed by atoms with van der Waals surface area (Å²) in [4.78, 5) is 0. The van der Waals surface area contributed by atoms with Crippen LogP contribution in [0.15, 0.2) is 48.5 Å². The van der Waals surface area contributed by atoms with E-state index in [2.05, 4.69) is 32.9 Å². The molecule has 0 saturated heterocycles. The van der Waals surface area contributed by atoms with Crippen LogP contribution >= 0.6 is 0 Å². The van der Waals surface area contributed by atoms with E-state index in [9.17, 15) is 10.2 Å². The molecule has 2 N–H and O–H groups in total. The Hall–Kier alpha value is -1.62. The van der Waals surface area contributed by atoms with Crippen molar-refractivity contribution in [3.63, 3.8) is 0 Å². The van der Waals surface area contributed by atoms with Gasteiger partial charge in [-0.2, -0.15) is 0 Å². The van der Waals surface area contributed by atoms with Crippen LogP contribution in [-0.2, 0) is 13.2 Å². The predicted octanol–water partition coefficient (Wildman–Crippen LogP) is 2.48. The van der Waals surface area contributed by atoms with Crippen molar-refractivity contribution in [2.24, 2.45) is 0 Å². The molecule has 0 aliphatic carbocycles. The molecule has 1 unspecified atom stereocenters. The smallest absolute Gasteiger partial charge is 0.272 e. The SMILES string of the molecule is CC(C)(C)[SiH](Oc1cc(CO)cc(CO)c1)c1ccccc1. The molecular weight excluding hydrogens is 292 g/mol. The molecule has 0 spiro atoms. The summed E-state index contributed by atoms with van der Waals surface area (Å²) in [6.07, 6.45) is 0. The van der Waals surface area contributed by atoms with Gasteiger partial charge < -0.3 is 14.6 Å². The summed E-state index contributed by atoms with van der Waals surface area (Å²) in [6.45, 7) is 6.47. The van der Waals surface area contributed by atoms with Crippen molar-refractivity contribution in [2.45, 2.75) is 39.0 Å². The van der Waals surface area contributed by atoms with Crippen molar-refractivity contribution >= 4 is 14.2 Å². The second-order valence-electron chi connectivity index (χ2n) is 6.58. The van der Waals surface area contributed by atoms with Crippen molar-refractivity contribution in [3.05, 3.63) is 59.7 Å².